The molecule has 3 nitrogen and oxygen atoms in total. The zero-order valence-electron chi connectivity index (χ0n) is 14.3. The van der Waals surface area contributed by atoms with Gasteiger partial charge in [-0.1, -0.05) is 23.7 Å². The third kappa shape index (κ3) is 4.78. The number of hydrogen-bond donors (Lipinski definition) is 0. The molecule has 0 bridgehead atoms. The molecule has 1 heterocycles. The van der Waals surface area contributed by atoms with Crippen LogP contribution in [0.2, 0.25) is 5.02 Å². The van der Waals surface area contributed by atoms with Crippen molar-refractivity contribution >= 4 is 17.5 Å². The maximum atomic E-state index is 13.1. The summed E-state index contributed by atoms with van der Waals surface area (Å²) in [5, 5.41) is 0.345. The van der Waals surface area contributed by atoms with Gasteiger partial charge in [-0.05, 0) is 35.9 Å². The van der Waals surface area contributed by atoms with E-state index in [9.17, 15) is 22.4 Å². The quantitative estimate of drug-likeness (QED) is 0.710. The maximum Gasteiger partial charge on any atom is 0.416 e. The van der Waals surface area contributed by atoms with Crippen molar-refractivity contribution in [1.29, 1.82) is 0 Å². The van der Waals surface area contributed by atoms with Crippen molar-refractivity contribution < 1.29 is 22.4 Å². The first-order valence-corrected chi connectivity index (χ1v) is 8.74. The molecule has 1 aliphatic rings. The lowest BCUT2D eigenvalue weighted by atomic mass is 10.1. The van der Waals surface area contributed by atoms with E-state index in [2.05, 4.69) is 4.90 Å². The van der Waals surface area contributed by atoms with Gasteiger partial charge in [0.1, 0.15) is 5.82 Å². The van der Waals surface area contributed by atoms with E-state index in [-0.39, 0.29) is 5.56 Å². The Kier molecular flexibility index (Phi) is 5.72. The van der Waals surface area contributed by atoms with Crippen LogP contribution in [0.4, 0.5) is 17.6 Å². The molecule has 1 aliphatic heterocycles. The first kappa shape index (κ1) is 19.6. The van der Waals surface area contributed by atoms with Crippen LogP contribution in [0.25, 0.3) is 0 Å². The summed E-state index contributed by atoms with van der Waals surface area (Å²) >= 11 is 6.04. The highest BCUT2D eigenvalue weighted by Crippen LogP contribution is 2.30. The molecular formula is C19H17ClF4N2O. The molecule has 27 heavy (non-hydrogen) atoms. The molecule has 0 aliphatic carbocycles. The summed E-state index contributed by atoms with van der Waals surface area (Å²) in [6, 6.07) is 8.68. The van der Waals surface area contributed by atoms with Crippen molar-refractivity contribution in [2.45, 2.75) is 12.7 Å². The van der Waals surface area contributed by atoms with Crippen LogP contribution in [0, 0.1) is 5.82 Å². The van der Waals surface area contributed by atoms with Crippen LogP contribution >= 0.6 is 11.6 Å². The third-order valence-electron chi connectivity index (χ3n) is 4.51. The van der Waals surface area contributed by atoms with Crippen LogP contribution in [0.1, 0.15) is 21.5 Å². The topological polar surface area (TPSA) is 23.6 Å². The SMILES string of the molecule is O=C(c1cccc(C(F)(F)F)c1)N1CCN(Cc2ccc(F)cc2Cl)CC1. The minimum Gasteiger partial charge on any atom is -0.336 e. The van der Waals surface area contributed by atoms with Gasteiger partial charge in [-0.15, -0.1) is 0 Å². The Bertz CT molecular complexity index is 833. The fourth-order valence-electron chi connectivity index (χ4n) is 3.01. The van der Waals surface area contributed by atoms with Crippen LogP contribution in [0.3, 0.4) is 0 Å². The molecule has 1 amide bonds. The highest BCUT2D eigenvalue weighted by Gasteiger charge is 2.31. The average Bonchev–Trinajstić information content (AvgIpc) is 2.63. The number of piperazine rings is 1. The molecule has 1 saturated heterocycles. The standard InChI is InChI=1S/C19H17ClF4N2O/c20-17-11-16(21)5-4-14(17)12-25-6-8-26(9-7-25)18(27)13-2-1-3-15(10-13)19(22,23)24/h1-5,10-11H,6-9,12H2. The van der Waals surface area contributed by atoms with Crippen molar-refractivity contribution in [3.63, 3.8) is 0 Å². The molecule has 2 aromatic rings. The van der Waals surface area contributed by atoms with Gasteiger partial charge in [-0.2, -0.15) is 13.2 Å². The Morgan fingerprint density at radius 3 is 2.37 bits per heavy atom. The molecule has 0 N–H and O–H groups in total. The molecule has 0 aromatic heterocycles. The smallest absolute Gasteiger partial charge is 0.336 e. The van der Waals surface area contributed by atoms with E-state index in [1.165, 1.54) is 29.2 Å². The van der Waals surface area contributed by atoms with E-state index >= 15 is 0 Å². The fraction of sp³-hybridized carbons (Fsp3) is 0.316. The molecule has 144 valence electrons. The molecule has 2 aromatic carbocycles. The Hall–Kier alpha value is -2.12. The second kappa shape index (κ2) is 7.86. The average molecular weight is 401 g/mol. The second-order valence-corrected chi connectivity index (χ2v) is 6.79. The number of nitrogens with zero attached hydrogens (tertiary/aromatic N) is 2. The predicted octanol–water partition coefficient (Wildman–Crippen LogP) is 4.46. The van der Waals surface area contributed by atoms with Crippen molar-refractivity contribution in [2.75, 3.05) is 26.2 Å². The molecule has 0 saturated carbocycles. The fourth-order valence-corrected chi connectivity index (χ4v) is 3.24. The summed E-state index contributed by atoms with van der Waals surface area (Å²) < 4.78 is 51.6. The molecular weight excluding hydrogens is 384 g/mol. The lowest BCUT2D eigenvalue weighted by molar-refractivity contribution is -0.137. The Morgan fingerprint density at radius 2 is 1.74 bits per heavy atom. The summed E-state index contributed by atoms with van der Waals surface area (Å²) in [4.78, 5) is 16.1. The van der Waals surface area contributed by atoms with Gasteiger partial charge in [0.15, 0.2) is 0 Å². The van der Waals surface area contributed by atoms with Crippen molar-refractivity contribution in [1.82, 2.24) is 9.80 Å². The molecule has 8 heteroatoms. The zero-order chi connectivity index (χ0) is 19.6. The summed E-state index contributed by atoms with van der Waals surface area (Å²) in [6.07, 6.45) is -4.48. The lowest BCUT2D eigenvalue weighted by Crippen LogP contribution is -2.48. The Morgan fingerprint density at radius 1 is 1.04 bits per heavy atom. The zero-order valence-corrected chi connectivity index (χ0v) is 15.0. The Labute approximate surface area is 159 Å². The normalized spacial score (nSPS) is 15.8. The number of hydrogen-bond acceptors (Lipinski definition) is 2. The van der Waals surface area contributed by atoms with Crippen LogP contribution in [0.15, 0.2) is 42.5 Å². The maximum absolute atomic E-state index is 13.1. The van der Waals surface area contributed by atoms with Crippen molar-refractivity contribution in [3.05, 3.63) is 70.0 Å². The number of rotatable bonds is 3. The van der Waals surface area contributed by atoms with Crippen molar-refractivity contribution in [2.24, 2.45) is 0 Å². The van der Waals surface area contributed by atoms with Crippen LogP contribution in [0.5, 0.6) is 0 Å². The highest BCUT2D eigenvalue weighted by molar-refractivity contribution is 6.31. The van der Waals surface area contributed by atoms with Gasteiger partial charge in [0.05, 0.1) is 5.56 Å². The summed E-state index contributed by atoms with van der Waals surface area (Å²) in [5.74, 6) is -0.819. The number of carbonyl (C=O) groups is 1. The number of carbonyl (C=O) groups excluding carboxylic acids is 1. The second-order valence-electron chi connectivity index (χ2n) is 6.38. The van der Waals surface area contributed by atoms with Gasteiger partial charge in [-0.25, -0.2) is 4.39 Å². The van der Waals surface area contributed by atoms with Crippen LogP contribution in [-0.4, -0.2) is 41.9 Å². The van der Waals surface area contributed by atoms with Crippen LogP contribution < -0.4 is 0 Å². The van der Waals surface area contributed by atoms with Gasteiger partial charge < -0.3 is 4.90 Å². The minimum absolute atomic E-state index is 0.0276. The summed E-state index contributed by atoms with van der Waals surface area (Å²) in [5.41, 5.74) is -0.0199. The predicted molar refractivity (Wildman–Crippen MR) is 94.0 cm³/mol. The lowest BCUT2D eigenvalue weighted by Gasteiger charge is -2.35. The highest BCUT2D eigenvalue weighted by atomic mass is 35.5. The number of amides is 1. The van der Waals surface area contributed by atoms with Crippen molar-refractivity contribution in [3.8, 4) is 0 Å². The van der Waals surface area contributed by atoms with E-state index in [1.807, 2.05) is 0 Å². The van der Waals surface area contributed by atoms with E-state index in [0.29, 0.717) is 37.7 Å². The molecule has 0 spiro atoms. The van der Waals surface area contributed by atoms with E-state index in [1.54, 1.807) is 6.07 Å². The number of benzene rings is 2. The monoisotopic (exact) mass is 400 g/mol. The van der Waals surface area contributed by atoms with Gasteiger partial charge in [0, 0.05) is 43.3 Å². The Balaban J connectivity index is 1.61. The van der Waals surface area contributed by atoms with E-state index in [0.717, 1.165) is 17.7 Å². The molecule has 3 rings (SSSR count). The molecule has 0 atom stereocenters. The first-order chi connectivity index (χ1) is 12.7. The van der Waals surface area contributed by atoms with E-state index < -0.39 is 23.5 Å². The molecule has 1 fully saturated rings. The van der Waals surface area contributed by atoms with Gasteiger partial charge in [0.25, 0.3) is 5.91 Å². The first-order valence-electron chi connectivity index (χ1n) is 8.37. The number of alkyl halides is 3. The summed E-state index contributed by atoms with van der Waals surface area (Å²) in [6.45, 7) is 2.42. The molecule has 0 radical (unpaired) electrons. The third-order valence-corrected chi connectivity index (χ3v) is 4.86. The minimum atomic E-state index is -4.48. The van der Waals surface area contributed by atoms with Crippen LogP contribution in [-0.2, 0) is 12.7 Å². The van der Waals surface area contributed by atoms with Gasteiger partial charge >= 0.3 is 6.18 Å². The largest absolute Gasteiger partial charge is 0.416 e. The number of halogens is 5. The van der Waals surface area contributed by atoms with E-state index in [4.69, 9.17) is 11.6 Å². The molecule has 0 unspecified atom stereocenters. The van der Waals surface area contributed by atoms with Gasteiger partial charge in [0.2, 0.25) is 0 Å². The van der Waals surface area contributed by atoms with Gasteiger partial charge in [-0.3, -0.25) is 9.69 Å². The summed E-state index contributed by atoms with van der Waals surface area (Å²) in [7, 11) is 0.